The maximum atomic E-state index is 11.1. The van der Waals surface area contributed by atoms with Crippen molar-refractivity contribution in [1.29, 1.82) is 0 Å². The van der Waals surface area contributed by atoms with Crippen LogP contribution in [-0.4, -0.2) is 17.2 Å². The molecule has 2 rings (SSSR count). The Labute approximate surface area is 212 Å². The standard InChI is InChI=1S/C30H44N2O3/c1-2-3-4-5-6-7-8-9-10-11-12-16-19-28(24-25-30(33)34)35-29-22-20-27(21-23-29)32-31-26-17-14-13-15-18-26/h13-15,17-18,20-23,28H,2-12,16,19,24-25H2,1H3,(H,33,34). The molecule has 0 aliphatic carbocycles. The summed E-state index contributed by atoms with van der Waals surface area (Å²) in [6, 6.07) is 17.1. The molecule has 5 heteroatoms. The van der Waals surface area contributed by atoms with Gasteiger partial charge in [0.05, 0.1) is 17.5 Å². The Bertz CT molecular complexity index is 821. The summed E-state index contributed by atoms with van der Waals surface area (Å²) in [4.78, 5) is 11.1. The summed E-state index contributed by atoms with van der Waals surface area (Å²) < 4.78 is 6.15. The maximum Gasteiger partial charge on any atom is 0.303 e. The summed E-state index contributed by atoms with van der Waals surface area (Å²) in [6.45, 7) is 2.26. The van der Waals surface area contributed by atoms with Crippen LogP contribution in [0.4, 0.5) is 11.4 Å². The van der Waals surface area contributed by atoms with Crippen LogP contribution in [-0.2, 0) is 4.79 Å². The van der Waals surface area contributed by atoms with Crippen LogP contribution in [0.2, 0.25) is 0 Å². The Hall–Kier alpha value is -2.69. The summed E-state index contributed by atoms with van der Waals surface area (Å²) in [5.41, 5.74) is 1.56. The van der Waals surface area contributed by atoms with Crippen LogP contribution in [0.3, 0.4) is 0 Å². The molecule has 0 radical (unpaired) electrons. The molecule has 5 nitrogen and oxygen atoms in total. The van der Waals surface area contributed by atoms with Crippen LogP contribution in [0.1, 0.15) is 103 Å². The summed E-state index contributed by atoms with van der Waals surface area (Å²) in [7, 11) is 0. The second kappa shape index (κ2) is 18.6. The summed E-state index contributed by atoms with van der Waals surface area (Å²) in [5.74, 6) is -0.0250. The maximum absolute atomic E-state index is 11.1. The summed E-state index contributed by atoms with van der Waals surface area (Å²) in [5, 5.41) is 17.6. The van der Waals surface area contributed by atoms with Crippen molar-refractivity contribution in [1.82, 2.24) is 0 Å². The molecular formula is C30H44N2O3. The second-order valence-electron chi connectivity index (χ2n) is 9.38. The average Bonchev–Trinajstić information content (AvgIpc) is 2.88. The number of carboxylic acids is 1. The van der Waals surface area contributed by atoms with Crippen molar-refractivity contribution in [2.24, 2.45) is 10.2 Å². The van der Waals surface area contributed by atoms with Crippen molar-refractivity contribution in [3.63, 3.8) is 0 Å². The zero-order valence-corrected chi connectivity index (χ0v) is 21.5. The number of rotatable bonds is 20. The Kier molecular flexibility index (Phi) is 15.2. The number of hydrogen-bond acceptors (Lipinski definition) is 4. The molecule has 35 heavy (non-hydrogen) atoms. The number of unbranched alkanes of at least 4 members (excludes halogenated alkanes) is 11. The molecule has 0 fully saturated rings. The Morgan fingerprint density at radius 1 is 0.714 bits per heavy atom. The van der Waals surface area contributed by atoms with Crippen molar-refractivity contribution in [2.75, 3.05) is 0 Å². The smallest absolute Gasteiger partial charge is 0.303 e. The predicted molar refractivity (Wildman–Crippen MR) is 144 cm³/mol. The molecule has 0 aromatic heterocycles. The lowest BCUT2D eigenvalue weighted by Gasteiger charge is -2.18. The fraction of sp³-hybridized carbons (Fsp3) is 0.567. The Balaban J connectivity index is 1.67. The lowest BCUT2D eigenvalue weighted by Crippen LogP contribution is -2.18. The van der Waals surface area contributed by atoms with Gasteiger partial charge in [-0.2, -0.15) is 10.2 Å². The third-order valence-corrected chi connectivity index (χ3v) is 6.24. The zero-order valence-electron chi connectivity index (χ0n) is 21.5. The van der Waals surface area contributed by atoms with E-state index in [0.717, 1.165) is 30.0 Å². The normalized spacial score (nSPS) is 12.1. The Morgan fingerprint density at radius 3 is 1.77 bits per heavy atom. The number of benzene rings is 2. The number of carbonyl (C=O) groups is 1. The number of azo groups is 1. The highest BCUT2D eigenvalue weighted by molar-refractivity contribution is 5.66. The first-order valence-electron chi connectivity index (χ1n) is 13.6. The molecule has 2 aromatic carbocycles. The van der Waals surface area contributed by atoms with E-state index in [-0.39, 0.29) is 12.5 Å². The fourth-order valence-corrected chi connectivity index (χ4v) is 4.15. The minimum Gasteiger partial charge on any atom is -0.490 e. The molecule has 0 spiro atoms. The largest absolute Gasteiger partial charge is 0.490 e. The first-order valence-corrected chi connectivity index (χ1v) is 13.6. The van der Waals surface area contributed by atoms with Crippen LogP contribution < -0.4 is 4.74 Å². The van der Waals surface area contributed by atoms with E-state index in [0.29, 0.717) is 6.42 Å². The van der Waals surface area contributed by atoms with Crippen molar-refractivity contribution in [3.05, 3.63) is 54.6 Å². The van der Waals surface area contributed by atoms with Crippen molar-refractivity contribution < 1.29 is 14.6 Å². The van der Waals surface area contributed by atoms with Crippen molar-refractivity contribution >= 4 is 17.3 Å². The fourth-order valence-electron chi connectivity index (χ4n) is 4.15. The van der Waals surface area contributed by atoms with Gasteiger partial charge in [0.2, 0.25) is 0 Å². The van der Waals surface area contributed by atoms with Crippen LogP contribution >= 0.6 is 0 Å². The molecule has 0 amide bonds. The van der Waals surface area contributed by atoms with Crippen LogP contribution in [0.5, 0.6) is 5.75 Å². The molecule has 1 unspecified atom stereocenters. The lowest BCUT2D eigenvalue weighted by molar-refractivity contribution is -0.137. The van der Waals surface area contributed by atoms with E-state index < -0.39 is 5.97 Å². The van der Waals surface area contributed by atoms with E-state index in [1.54, 1.807) is 0 Å². The van der Waals surface area contributed by atoms with E-state index in [2.05, 4.69) is 17.2 Å². The van der Waals surface area contributed by atoms with E-state index in [9.17, 15) is 4.79 Å². The average molecular weight is 481 g/mol. The molecule has 1 atom stereocenters. The van der Waals surface area contributed by atoms with Gasteiger partial charge in [-0.25, -0.2) is 0 Å². The second-order valence-corrected chi connectivity index (χ2v) is 9.38. The zero-order chi connectivity index (χ0) is 25.0. The number of ether oxygens (including phenoxy) is 1. The number of carboxylic acid groups (broad SMARTS) is 1. The third kappa shape index (κ3) is 14.3. The van der Waals surface area contributed by atoms with Gasteiger partial charge in [-0.3, -0.25) is 4.79 Å². The van der Waals surface area contributed by atoms with Crippen molar-refractivity contribution in [3.8, 4) is 5.75 Å². The quantitative estimate of drug-likeness (QED) is 0.151. The molecule has 1 N–H and O–H groups in total. The lowest BCUT2D eigenvalue weighted by atomic mass is 10.0. The first kappa shape index (κ1) is 28.5. The highest BCUT2D eigenvalue weighted by Gasteiger charge is 2.13. The number of nitrogens with zero attached hydrogens (tertiary/aromatic N) is 2. The molecular weight excluding hydrogens is 436 g/mol. The van der Waals surface area contributed by atoms with Gasteiger partial charge in [-0.1, -0.05) is 95.8 Å². The van der Waals surface area contributed by atoms with E-state index in [1.807, 2.05) is 54.6 Å². The molecule has 192 valence electrons. The predicted octanol–water partition coefficient (Wildman–Crippen LogP) is 9.81. The van der Waals surface area contributed by atoms with Crippen LogP contribution in [0.15, 0.2) is 64.8 Å². The molecule has 0 aliphatic heterocycles. The van der Waals surface area contributed by atoms with Gasteiger partial charge in [0.1, 0.15) is 5.75 Å². The van der Waals surface area contributed by atoms with Crippen LogP contribution in [0, 0.1) is 0 Å². The van der Waals surface area contributed by atoms with Crippen LogP contribution in [0.25, 0.3) is 0 Å². The minimum atomic E-state index is -0.773. The summed E-state index contributed by atoms with van der Waals surface area (Å²) in [6.07, 6.45) is 17.2. The van der Waals surface area contributed by atoms with E-state index >= 15 is 0 Å². The van der Waals surface area contributed by atoms with Gasteiger partial charge in [0, 0.05) is 6.42 Å². The molecule has 0 aliphatic rings. The number of aliphatic carboxylic acids is 1. The SMILES string of the molecule is CCCCCCCCCCCCCCC(CCC(=O)O)Oc1ccc(N=Nc2ccccc2)cc1. The molecule has 2 aromatic rings. The Morgan fingerprint density at radius 2 is 1.23 bits per heavy atom. The highest BCUT2D eigenvalue weighted by Crippen LogP contribution is 2.24. The minimum absolute atomic E-state index is 0.0778. The van der Waals surface area contributed by atoms with Gasteiger partial charge in [-0.05, 0) is 55.7 Å². The highest BCUT2D eigenvalue weighted by atomic mass is 16.5. The molecule has 0 bridgehead atoms. The molecule has 0 saturated carbocycles. The third-order valence-electron chi connectivity index (χ3n) is 6.24. The van der Waals surface area contributed by atoms with E-state index in [4.69, 9.17) is 9.84 Å². The topological polar surface area (TPSA) is 71.2 Å². The van der Waals surface area contributed by atoms with Gasteiger partial charge in [-0.15, -0.1) is 0 Å². The summed E-state index contributed by atoms with van der Waals surface area (Å²) >= 11 is 0. The molecule has 0 saturated heterocycles. The van der Waals surface area contributed by atoms with E-state index in [1.165, 1.54) is 70.6 Å². The van der Waals surface area contributed by atoms with Gasteiger partial charge < -0.3 is 9.84 Å². The molecule has 0 heterocycles. The van der Waals surface area contributed by atoms with Gasteiger partial charge in [0.15, 0.2) is 0 Å². The number of hydrogen-bond donors (Lipinski definition) is 1. The monoisotopic (exact) mass is 480 g/mol. The first-order chi connectivity index (χ1) is 17.2. The van der Waals surface area contributed by atoms with Gasteiger partial charge in [0.25, 0.3) is 0 Å². The van der Waals surface area contributed by atoms with Gasteiger partial charge >= 0.3 is 5.97 Å². The van der Waals surface area contributed by atoms with Crippen molar-refractivity contribution in [2.45, 2.75) is 109 Å².